The van der Waals surface area contributed by atoms with Crippen LogP contribution >= 0.6 is 58.2 Å². The number of oxime groups is 1. The van der Waals surface area contributed by atoms with Crippen molar-refractivity contribution in [2.24, 2.45) is 11.1 Å². The third-order valence-corrected chi connectivity index (χ3v) is 12.0. The summed E-state index contributed by atoms with van der Waals surface area (Å²) in [6.45, 7) is 4.70. The molecule has 0 spiro atoms. The zero-order valence-electron chi connectivity index (χ0n) is 27.6. The lowest BCUT2D eigenvalue weighted by molar-refractivity contribution is -0.146. The minimum Gasteiger partial charge on any atom is -0.411 e. The fourth-order valence-electron chi connectivity index (χ4n) is 7.13. The van der Waals surface area contributed by atoms with Crippen molar-refractivity contribution in [2.45, 2.75) is 50.5 Å². The van der Waals surface area contributed by atoms with Crippen LogP contribution in [0.15, 0.2) is 41.6 Å². The third kappa shape index (κ3) is 9.98. The number of amides is 3. The van der Waals surface area contributed by atoms with E-state index in [1.807, 2.05) is 27.6 Å². The molecule has 3 heterocycles. The van der Waals surface area contributed by atoms with Crippen molar-refractivity contribution in [2.75, 3.05) is 64.4 Å². The van der Waals surface area contributed by atoms with Crippen LogP contribution in [0.1, 0.15) is 60.4 Å². The summed E-state index contributed by atoms with van der Waals surface area (Å²) in [7, 11) is 1.63. The Morgan fingerprint density at radius 1 is 0.959 bits per heavy atom. The Bertz CT molecular complexity index is 1510. The molecule has 49 heavy (non-hydrogen) atoms. The lowest BCUT2D eigenvalue weighted by Gasteiger charge is -2.42. The summed E-state index contributed by atoms with van der Waals surface area (Å²) < 4.78 is 0. The number of benzene rings is 2. The molecule has 0 radical (unpaired) electrons. The van der Waals surface area contributed by atoms with Gasteiger partial charge in [0.1, 0.15) is 0 Å². The SMILES string of the molecule is CN(C/C(=N\O)C(CCN1CCC(N2CCCC(CC(=O)N3CCSCC3)C2=O)CC1)c1ccc(Cl)c(Cl)c1)C(=O)c1cc(Cl)cc(Cl)c1. The van der Waals surface area contributed by atoms with Crippen LogP contribution < -0.4 is 0 Å². The molecule has 0 aliphatic carbocycles. The zero-order valence-corrected chi connectivity index (χ0v) is 31.5. The van der Waals surface area contributed by atoms with Crippen LogP contribution in [0.2, 0.25) is 20.1 Å². The van der Waals surface area contributed by atoms with Gasteiger partial charge in [-0.15, -0.1) is 0 Å². The molecule has 2 aromatic carbocycles. The van der Waals surface area contributed by atoms with Crippen molar-refractivity contribution in [1.29, 1.82) is 0 Å². The second-order valence-electron chi connectivity index (χ2n) is 13.1. The number of hydrogen-bond donors (Lipinski definition) is 1. The molecular formula is C35H43Cl4N5O4S. The van der Waals surface area contributed by atoms with Gasteiger partial charge in [-0.25, -0.2) is 0 Å². The molecule has 3 amide bonds. The molecule has 266 valence electrons. The van der Waals surface area contributed by atoms with E-state index in [-0.39, 0.29) is 42.1 Å². The molecule has 2 atom stereocenters. The lowest BCUT2D eigenvalue weighted by Crippen LogP contribution is -2.52. The second kappa shape index (κ2) is 17.8. The molecule has 2 unspecified atom stereocenters. The topological polar surface area (TPSA) is 96.8 Å². The van der Waals surface area contributed by atoms with E-state index in [0.717, 1.165) is 75.5 Å². The maximum Gasteiger partial charge on any atom is 0.254 e. The van der Waals surface area contributed by atoms with Crippen molar-refractivity contribution in [3.8, 4) is 0 Å². The first kappa shape index (κ1) is 38.0. The van der Waals surface area contributed by atoms with Crippen LogP contribution in [0.3, 0.4) is 0 Å². The summed E-state index contributed by atoms with van der Waals surface area (Å²) in [4.78, 5) is 47.5. The first-order chi connectivity index (χ1) is 23.5. The van der Waals surface area contributed by atoms with Crippen molar-refractivity contribution in [3.05, 3.63) is 67.6 Å². The lowest BCUT2D eigenvalue weighted by atomic mass is 9.89. The smallest absolute Gasteiger partial charge is 0.254 e. The van der Waals surface area contributed by atoms with E-state index in [9.17, 15) is 19.6 Å². The van der Waals surface area contributed by atoms with Crippen LogP contribution in [-0.4, -0.2) is 119 Å². The van der Waals surface area contributed by atoms with Gasteiger partial charge in [-0.3, -0.25) is 14.4 Å². The number of carbonyl (C=O) groups excluding carboxylic acids is 3. The fraction of sp³-hybridized carbons (Fsp3) is 0.543. The summed E-state index contributed by atoms with van der Waals surface area (Å²) in [6, 6.07) is 10.2. The number of thioether (sulfide) groups is 1. The van der Waals surface area contributed by atoms with E-state index in [4.69, 9.17) is 46.4 Å². The molecule has 3 saturated heterocycles. The van der Waals surface area contributed by atoms with Gasteiger partial charge in [-0.05, 0) is 74.5 Å². The highest BCUT2D eigenvalue weighted by atomic mass is 35.5. The Morgan fingerprint density at radius 2 is 1.65 bits per heavy atom. The number of halogens is 4. The number of nitrogens with zero attached hydrogens (tertiary/aromatic N) is 5. The Kier molecular flexibility index (Phi) is 13.8. The predicted molar refractivity (Wildman–Crippen MR) is 199 cm³/mol. The molecule has 5 rings (SSSR count). The maximum absolute atomic E-state index is 13.6. The average Bonchev–Trinajstić information content (AvgIpc) is 3.10. The van der Waals surface area contributed by atoms with Crippen LogP contribution in [0.5, 0.6) is 0 Å². The molecule has 2 aromatic rings. The molecule has 1 N–H and O–H groups in total. The fourth-order valence-corrected chi connectivity index (χ4v) is 8.86. The van der Waals surface area contributed by atoms with E-state index < -0.39 is 0 Å². The molecule has 0 saturated carbocycles. The molecule has 9 nitrogen and oxygen atoms in total. The number of rotatable bonds is 11. The van der Waals surface area contributed by atoms with Gasteiger partial charge in [-0.1, -0.05) is 57.6 Å². The monoisotopic (exact) mass is 769 g/mol. The van der Waals surface area contributed by atoms with Crippen LogP contribution in [0.4, 0.5) is 0 Å². The first-order valence-corrected chi connectivity index (χ1v) is 19.5. The van der Waals surface area contributed by atoms with Gasteiger partial charge in [0, 0.05) is 91.2 Å². The highest BCUT2D eigenvalue weighted by Gasteiger charge is 2.37. The van der Waals surface area contributed by atoms with E-state index in [0.29, 0.717) is 50.8 Å². The first-order valence-electron chi connectivity index (χ1n) is 16.8. The van der Waals surface area contributed by atoms with Crippen molar-refractivity contribution in [3.63, 3.8) is 0 Å². The maximum atomic E-state index is 13.6. The van der Waals surface area contributed by atoms with Crippen molar-refractivity contribution < 1.29 is 19.6 Å². The quantitative estimate of drug-likeness (QED) is 0.150. The third-order valence-electron chi connectivity index (χ3n) is 9.83. The molecule has 0 aromatic heterocycles. The van der Waals surface area contributed by atoms with E-state index in [2.05, 4.69) is 10.1 Å². The van der Waals surface area contributed by atoms with Gasteiger partial charge < -0.3 is 24.8 Å². The molecular weight excluding hydrogens is 728 g/mol. The zero-order chi connectivity index (χ0) is 35.1. The molecule has 3 aliphatic rings. The van der Waals surface area contributed by atoms with Gasteiger partial charge >= 0.3 is 0 Å². The van der Waals surface area contributed by atoms with E-state index in [1.165, 1.54) is 4.90 Å². The van der Waals surface area contributed by atoms with E-state index in [1.54, 1.807) is 37.4 Å². The minimum atomic E-state index is -0.351. The average molecular weight is 772 g/mol. The summed E-state index contributed by atoms with van der Waals surface area (Å²) >= 11 is 26.8. The molecule has 3 fully saturated rings. The van der Waals surface area contributed by atoms with Crippen LogP contribution in [0, 0.1) is 5.92 Å². The Hall–Kier alpha value is -2.21. The van der Waals surface area contributed by atoms with Gasteiger partial charge in [-0.2, -0.15) is 11.8 Å². The molecule has 3 aliphatic heterocycles. The predicted octanol–water partition coefficient (Wildman–Crippen LogP) is 7.04. The van der Waals surface area contributed by atoms with Gasteiger partial charge in [0.2, 0.25) is 11.8 Å². The number of piperidine rings is 2. The van der Waals surface area contributed by atoms with Crippen LogP contribution in [0.25, 0.3) is 0 Å². The summed E-state index contributed by atoms with van der Waals surface area (Å²) in [5.74, 6) is 1.29. The van der Waals surface area contributed by atoms with Gasteiger partial charge in [0.05, 0.1) is 22.3 Å². The largest absolute Gasteiger partial charge is 0.411 e. The standard InChI is InChI=1S/C35H43Cl4N5O4S/c1-41(34(46)25-17-26(36)21-27(37)18-25)22-32(40-48)29(23-4-5-30(38)31(39)19-23)8-12-42-10-6-28(7-11-42)44-9-2-3-24(35(44)47)20-33(45)43-13-15-49-16-14-43/h4-5,17-19,21,24,28-29,48H,2-3,6-16,20,22H2,1H3/b40-32+. The highest BCUT2D eigenvalue weighted by molar-refractivity contribution is 7.99. The summed E-state index contributed by atoms with van der Waals surface area (Å²) in [6.07, 6.45) is 4.34. The number of hydrogen-bond acceptors (Lipinski definition) is 7. The van der Waals surface area contributed by atoms with Crippen LogP contribution in [-0.2, 0) is 9.59 Å². The second-order valence-corrected chi connectivity index (χ2v) is 16.0. The Morgan fingerprint density at radius 3 is 2.31 bits per heavy atom. The highest BCUT2D eigenvalue weighted by Crippen LogP contribution is 2.32. The van der Waals surface area contributed by atoms with Crippen molar-refractivity contribution in [1.82, 2.24) is 19.6 Å². The Labute approximate surface area is 312 Å². The summed E-state index contributed by atoms with van der Waals surface area (Å²) in [5.41, 5.74) is 1.56. The van der Waals surface area contributed by atoms with E-state index >= 15 is 0 Å². The normalized spacial score (nSPS) is 20.4. The van der Waals surface area contributed by atoms with Gasteiger partial charge in [0.15, 0.2) is 0 Å². The van der Waals surface area contributed by atoms with Gasteiger partial charge in [0.25, 0.3) is 5.91 Å². The molecule has 0 bridgehead atoms. The van der Waals surface area contributed by atoms with Crippen molar-refractivity contribution >= 4 is 81.6 Å². The Balaban J connectivity index is 1.20. The number of carbonyl (C=O) groups is 3. The summed E-state index contributed by atoms with van der Waals surface area (Å²) in [5, 5.41) is 15.4. The number of likely N-dealkylation sites (tertiary alicyclic amines) is 2. The molecule has 14 heteroatoms. The minimum absolute atomic E-state index is 0.0594.